The lowest BCUT2D eigenvalue weighted by atomic mass is 10.2. The summed E-state index contributed by atoms with van der Waals surface area (Å²) in [5, 5.41) is 0. The van der Waals surface area contributed by atoms with Gasteiger partial charge < -0.3 is 28.4 Å². The summed E-state index contributed by atoms with van der Waals surface area (Å²) >= 11 is 0. The number of methoxy groups -OCH3 is 2. The van der Waals surface area contributed by atoms with Gasteiger partial charge in [0.1, 0.15) is 13.2 Å². The highest BCUT2D eigenvalue weighted by molar-refractivity contribution is 5.69. The van der Waals surface area contributed by atoms with Crippen molar-refractivity contribution in [1.82, 2.24) is 0 Å². The van der Waals surface area contributed by atoms with Gasteiger partial charge in [-0.1, -0.05) is 53.4 Å². The Kier molecular flexibility index (Phi) is 38.2. The van der Waals surface area contributed by atoms with E-state index in [1.807, 2.05) is 20.8 Å². The molecule has 0 aromatic rings. The summed E-state index contributed by atoms with van der Waals surface area (Å²) < 4.78 is 29.1. The Hall–Kier alpha value is -1.71. The molecule has 0 saturated carbocycles. The molecule has 0 fully saturated rings. The SMILES string of the molecule is CCCC(=O)OCCOC.CCCCCCCOC(=O)CCC.CCCOCCC(=O)OCCOC. The largest absolute Gasteiger partial charge is 0.466 e. The van der Waals surface area contributed by atoms with Crippen molar-refractivity contribution < 1.29 is 42.8 Å². The molecule has 0 N–H and O–H groups in total. The van der Waals surface area contributed by atoms with Gasteiger partial charge in [0.2, 0.25) is 0 Å². The van der Waals surface area contributed by atoms with Crippen LogP contribution in [0.25, 0.3) is 0 Å². The van der Waals surface area contributed by atoms with Crippen molar-refractivity contribution in [2.75, 3.05) is 60.5 Å². The van der Waals surface area contributed by atoms with Crippen molar-refractivity contribution >= 4 is 17.9 Å². The Morgan fingerprint density at radius 1 is 0.444 bits per heavy atom. The minimum atomic E-state index is -0.229. The Morgan fingerprint density at radius 2 is 0.917 bits per heavy atom. The number of ether oxygens (including phenoxy) is 6. The number of esters is 3. The normalized spacial score (nSPS) is 9.83. The molecule has 0 aliphatic rings. The fourth-order valence-corrected chi connectivity index (χ4v) is 2.40. The maximum Gasteiger partial charge on any atom is 0.308 e. The van der Waals surface area contributed by atoms with Gasteiger partial charge in [-0.25, -0.2) is 0 Å². The number of hydrogen-bond donors (Lipinski definition) is 0. The van der Waals surface area contributed by atoms with Crippen LogP contribution in [0, 0.1) is 0 Å². The van der Waals surface area contributed by atoms with Gasteiger partial charge in [0.15, 0.2) is 0 Å². The van der Waals surface area contributed by atoms with Gasteiger partial charge in [0.25, 0.3) is 0 Å². The summed E-state index contributed by atoms with van der Waals surface area (Å²) in [7, 11) is 3.14. The molecule has 36 heavy (non-hydrogen) atoms. The third kappa shape index (κ3) is 39.5. The van der Waals surface area contributed by atoms with Crippen LogP contribution in [0.15, 0.2) is 0 Å². The molecule has 0 spiro atoms. The molecule has 0 aliphatic heterocycles. The van der Waals surface area contributed by atoms with E-state index >= 15 is 0 Å². The van der Waals surface area contributed by atoms with Crippen LogP contribution >= 0.6 is 0 Å². The highest BCUT2D eigenvalue weighted by Gasteiger charge is 2.01. The highest BCUT2D eigenvalue weighted by Crippen LogP contribution is 2.03. The Labute approximate surface area is 219 Å². The summed E-state index contributed by atoms with van der Waals surface area (Å²) in [5.41, 5.74) is 0. The number of carbonyl (C=O) groups is 3. The van der Waals surface area contributed by atoms with E-state index in [0.29, 0.717) is 65.5 Å². The molecule has 0 saturated heterocycles. The smallest absolute Gasteiger partial charge is 0.308 e. The summed E-state index contributed by atoms with van der Waals surface area (Å²) in [6.45, 7) is 11.5. The monoisotopic (exact) mass is 522 g/mol. The highest BCUT2D eigenvalue weighted by atomic mass is 16.6. The van der Waals surface area contributed by atoms with E-state index in [-0.39, 0.29) is 17.9 Å². The maximum absolute atomic E-state index is 10.9. The van der Waals surface area contributed by atoms with Gasteiger partial charge in [0, 0.05) is 33.7 Å². The molecule has 0 bridgehead atoms. The summed E-state index contributed by atoms with van der Waals surface area (Å²) in [5.74, 6) is -0.411. The van der Waals surface area contributed by atoms with Crippen LogP contribution in [0.2, 0.25) is 0 Å². The summed E-state index contributed by atoms with van der Waals surface area (Å²) in [6.07, 6.45) is 10.1. The first-order chi connectivity index (χ1) is 17.4. The first-order valence-corrected chi connectivity index (χ1v) is 13.5. The molecular weight excluding hydrogens is 468 g/mol. The molecule has 0 radical (unpaired) electrons. The van der Waals surface area contributed by atoms with Crippen LogP contribution in [0.3, 0.4) is 0 Å². The molecular formula is C27H54O9. The van der Waals surface area contributed by atoms with Crippen molar-refractivity contribution in [1.29, 1.82) is 0 Å². The first kappa shape index (κ1) is 38.8. The summed E-state index contributed by atoms with van der Waals surface area (Å²) in [6, 6.07) is 0. The van der Waals surface area contributed by atoms with E-state index in [1.54, 1.807) is 14.2 Å². The van der Waals surface area contributed by atoms with Gasteiger partial charge in [-0.3, -0.25) is 14.4 Å². The summed E-state index contributed by atoms with van der Waals surface area (Å²) in [4.78, 5) is 32.5. The lowest BCUT2D eigenvalue weighted by Gasteiger charge is -2.04. The van der Waals surface area contributed by atoms with Crippen LogP contribution in [0.4, 0.5) is 0 Å². The fraction of sp³-hybridized carbons (Fsp3) is 0.889. The zero-order valence-electron chi connectivity index (χ0n) is 23.9. The predicted octanol–water partition coefficient (Wildman–Crippen LogP) is 5.27. The molecule has 0 heterocycles. The Morgan fingerprint density at radius 3 is 1.36 bits per heavy atom. The fourth-order valence-electron chi connectivity index (χ4n) is 2.40. The Balaban J connectivity index is -0.000000459. The van der Waals surface area contributed by atoms with Crippen molar-refractivity contribution in [3.63, 3.8) is 0 Å². The zero-order valence-corrected chi connectivity index (χ0v) is 23.9. The van der Waals surface area contributed by atoms with Crippen LogP contribution in [0.1, 0.15) is 98.3 Å². The molecule has 0 aliphatic carbocycles. The first-order valence-electron chi connectivity index (χ1n) is 13.5. The van der Waals surface area contributed by atoms with E-state index in [0.717, 1.165) is 25.7 Å². The van der Waals surface area contributed by atoms with Crippen LogP contribution in [-0.4, -0.2) is 78.4 Å². The number of rotatable bonds is 21. The average Bonchev–Trinajstić information content (AvgIpc) is 2.85. The lowest BCUT2D eigenvalue weighted by molar-refractivity contribution is -0.146. The standard InChI is InChI=1S/C11H22O2.C9H18O4.C7H14O3/c1-3-5-6-7-8-10-13-11(12)9-4-2;1-3-5-12-6-4-9(10)13-8-7-11-2;1-3-4-7(8)10-6-5-9-2/h3-10H2,1-2H3;3-8H2,1-2H3;3-6H2,1-2H3. The topological polar surface area (TPSA) is 107 Å². The molecule has 0 aromatic heterocycles. The van der Waals surface area contributed by atoms with E-state index in [4.69, 9.17) is 28.4 Å². The zero-order chi connectivity index (χ0) is 27.7. The van der Waals surface area contributed by atoms with E-state index in [9.17, 15) is 14.4 Å². The quantitative estimate of drug-likeness (QED) is 0.113. The van der Waals surface area contributed by atoms with Crippen molar-refractivity contribution in [3.05, 3.63) is 0 Å². The second kappa shape index (κ2) is 35.5. The van der Waals surface area contributed by atoms with Crippen molar-refractivity contribution in [2.24, 2.45) is 0 Å². The maximum atomic E-state index is 10.9. The second-order valence-electron chi connectivity index (χ2n) is 7.92. The van der Waals surface area contributed by atoms with Gasteiger partial charge in [-0.05, 0) is 25.7 Å². The van der Waals surface area contributed by atoms with E-state index in [2.05, 4.69) is 6.92 Å². The van der Waals surface area contributed by atoms with Crippen LogP contribution in [0.5, 0.6) is 0 Å². The lowest BCUT2D eigenvalue weighted by Crippen LogP contribution is -2.12. The number of unbranched alkanes of at least 4 members (excludes halogenated alkanes) is 4. The van der Waals surface area contributed by atoms with Gasteiger partial charge in [-0.15, -0.1) is 0 Å². The van der Waals surface area contributed by atoms with Crippen LogP contribution < -0.4 is 0 Å². The average molecular weight is 523 g/mol. The van der Waals surface area contributed by atoms with Crippen molar-refractivity contribution in [2.45, 2.75) is 98.3 Å². The van der Waals surface area contributed by atoms with Gasteiger partial charge in [0.05, 0.1) is 32.8 Å². The van der Waals surface area contributed by atoms with E-state index in [1.165, 1.54) is 25.7 Å². The van der Waals surface area contributed by atoms with Crippen LogP contribution in [-0.2, 0) is 42.8 Å². The number of hydrogen-bond acceptors (Lipinski definition) is 9. The molecule has 0 unspecified atom stereocenters. The van der Waals surface area contributed by atoms with Crippen molar-refractivity contribution in [3.8, 4) is 0 Å². The molecule has 9 nitrogen and oxygen atoms in total. The number of carbonyl (C=O) groups excluding carboxylic acids is 3. The van der Waals surface area contributed by atoms with Gasteiger partial charge >= 0.3 is 17.9 Å². The Bertz CT molecular complexity index is 470. The minimum Gasteiger partial charge on any atom is -0.466 e. The second-order valence-corrected chi connectivity index (χ2v) is 7.92. The van der Waals surface area contributed by atoms with E-state index < -0.39 is 0 Å². The molecule has 0 amide bonds. The molecule has 0 aromatic carbocycles. The third-order valence-electron chi connectivity index (χ3n) is 4.32. The molecule has 0 atom stereocenters. The molecule has 216 valence electrons. The minimum absolute atomic E-state index is 0.0435. The third-order valence-corrected chi connectivity index (χ3v) is 4.32. The predicted molar refractivity (Wildman–Crippen MR) is 141 cm³/mol. The molecule has 9 heteroatoms. The molecule has 0 rings (SSSR count). The van der Waals surface area contributed by atoms with Gasteiger partial charge in [-0.2, -0.15) is 0 Å².